The van der Waals surface area contributed by atoms with Crippen molar-refractivity contribution in [3.63, 3.8) is 0 Å². The van der Waals surface area contributed by atoms with Crippen molar-refractivity contribution in [2.24, 2.45) is 0 Å². The first-order valence-electron chi connectivity index (χ1n) is 11.8. The monoisotopic (exact) mass is 545 g/mol. The number of benzene rings is 2. The number of nitrogens with one attached hydrogen (secondary N) is 3. The van der Waals surface area contributed by atoms with Gasteiger partial charge in [-0.1, -0.05) is 30.3 Å². The highest BCUT2D eigenvalue weighted by Crippen LogP contribution is 2.39. The summed E-state index contributed by atoms with van der Waals surface area (Å²) in [5.74, 6) is -0.808. The van der Waals surface area contributed by atoms with Crippen molar-refractivity contribution in [2.45, 2.75) is 56.2 Å². The van der Waals surface area contributed by atoms with E-state index in [1.165, 1.54) is 20.9 Å². The van der Waals surface area contributed by atoms with Crippen LogP contribution in [-0.2, 0) is 32.2 Å². The summed E-state index contributed by atoms with van der Waals surface area (Å²) in [6, 6.07) is 10.3. The number of carbonyl (C=O) groups excluding carboxylic acids is 2. The van der Waals surface area contributed by atoms with Crippen molar-refractivity contribution in [3.05, 3.63) is 70.8 Å². The molecule has 0 saturated carbocycles. The van der Waals surface area contributed by atoms with E-state index in [1.807, 2.05) is 0 Å². The van der Waals surface area contributed by atoms with Crippen LogP contribution in [0.25, 0.3) is 0 Å². The summed E-state index contributed by atoms with van der Waals surface area (Å²) >= 11 is 0. The summed E-state index contributed by atoms with van der Waals surface area (Å²) in [4.78, 5) is 24.5. The van der Waals surface area contributed by atoms with E-state index in [-0.39, 0.29) is 37.6 Å². The topological polar surface area (TPSA) is 79.5 Å². The maximum atomic E-state index is 13.3. The molecule has 2 amide bonds. The van der Waals surface area contributed by atoms with Crippen LogP contribution >= 0.6 is 0 Å². The third-order valence-electron chi connectivity index (χ3n) is 6.77. The summed E-state index contributed by atoms with van der Waals surface area (Å²) in [6.45, 7) is 2.56. The van der Waals surface area contributed by atoms with Crippen LogP contribution in [0.4, 0.5) is 26.3 Å². The van der Waals surface area contributed by atoms with Crippen LogP contribution in [0.5, 0.6) is 0 Å². The second-order valence-corrected chi connectivity index (χ2v) is 9.44. The van der Waals surface area contributed by atoms with Crippen molar-refractivity contribution in [1.29, 1.82) is 0 Å². The summed E-state index contributed by atoms with van der Waals surface area (Å²) in [5, 5.41) is 8.52. The maximum absolute atomic E-state index is 13.3. The Bertz CT molecular complexity index is 1110. The second kappa shape index (κ2) is 10.9. The third kappa shape index (κ3) is 6.47. The molecule has 1 saturated heterocycles. The number of amides is 2. The summed E-state index contributed by atoms with van der Waals surface area (Å²) in [5.41, 5.74) is -4.54. The molecule has 6 nitrogen and oxygen atoms in total. The Hall–Kier alpha value is -3.12. The van der Waals surface area contributed by atoms with Crippen molar-refractivity contribution in [1.82, 2.24) is 16.0 Å². The standard InChI is InChI=1S/C26H29F6N3O3/c1-16(18-11-20(25(27,28)29)13-21(12-18)26(30,31)32)38-15-24(19-7-5-4-6-8-19)10-9-23(14-34-24,22(37)33-3)35-17(2)36/h4-8,11-13,16,34H,9-10,14-15H2,1-3H3,(H,33,37)(H,35,36)/t16-,23+,24-/m1/s1. The molecule has 1 aliphatic rings. The van der Waals surface area contributed by atoms with E-state index in [4.69, 9.17) is 4.74 Å². The molecule has 208 valence electrons. The maximum Gasteiger partial charge on any atom is 0.416 e. The molecule has 0 aromatic heterocycles. The minimum Gasteiger partial charge on any atom is -0.372 e. The van der Waals surface area contributed by atoms with Crippen LogP contribution in [0, 0.1) is 0 Å². The molecular weight excluding hydrogens is 516 g/mol. The first kappa shape index (κ1) is 29.4. The quantitative estimate of drug-likeness (QED) is 0.441. The fourth-order valence-corrected chi connectivity index (χ4v) is 4.64. The third-order valence-corrected chi connectivity index (χ3v) is 6.77. The number of ether oxygens (including phenoxy) is 1. The van der Waals surface area contributed by atoms with E-state index in [2.05, 4.69) is 16.0 Å². The van der Waals surface area contributed by atoms with Gasteiger partial charge in [0.25, 0.3) is 0 Å². The van der Waals surface area contributed by atoms with Gasteiger partial charge in [0.15, 0.2) is 0 Å². The average molecular weight is 546 g/mol. The van der Waals surface area contributed by atoms with Gasteiger partial charge in [-0.15, -0.1) is 0 Å². The van der Waals surface area contributed by atoms with Gasteiger partial charge in [-0.25, -0.2) is 0 Å². The Morgan fingerprint density at radius 3 is 2.03 bits per heavy atom. The Kier molecular flexibility index (Phi) is 8.47. The molecule has 12 heteroatoms. The average Bonchev–Trinajstić information content (AvgIpc) is 2.86. The lowest BCUT2D eigenvalue weighted by Crippen LogP contribution is -2.69. The molecule has 2 aromatic carbocycles. The van der Waals surface area contributed by atoms with Crippen molar-refractivity contribution >= 4 is 11.8 Å². The van der Waals surface area contributed by atoms with Crippen molar-refractivity contribution < 1.29 is 40.7 Å². The molecule has 0 spiro atoms. The van der Waals surface area contributed by atoms with E-state index >= 15 is 0 Å². The molecule has 3 N–H and O–H groups in total. The molecule has 0 bridgehead atoms. The Morgan fingerprint density at radius 1 is 1.00 bits per heavy atom. The first-order chi connectivity index (χ1) is 17.6. The fraction of sp³-hybridized carbons (Fsp3) is 0.462. The van der Waals surface area contributed by atoms with Crippen LogP contribution in [0.2, 0.25) is 0 Å². The van der Waals surface area contributed by atoms with Gasteiger partial charge >= 0.3 is 12.4 Å². The first-order valence-corrected chi connectivity index (χ1v) is 11.8. The zero-order chi connectivity index (χ0) is 28.4. The number of hydrogen-bond acceptors (Lipinski definition) is 4. The molecule has 38 heavy (non-hydrogen) atoms. The minimum atomic E-state index is -4.97. The SMILES string of the molecule is CNC(=O)[C@]1(NC(C)=O)CC[C@@](CO[C@H](C)c2cc(C(F)(F)F)cc(C(F)(F)F)c2)(c2ccccc2)NC1. The normalized spacial score (nSPS) is 23.0. The van der Waals surface area contributed by atoms with Crippen molar-refractivity contribution in [3.8, 4) is 0 Å². The second-order valence-electron chi connectivity index (χ2n) is 9.44. The van der Waals surface area contributed by atoms with E-state index in [1.54, 1.807) is 30.3 Å². The number of rotatable bonds is 7. The molecule has 1 aliphatic heterocycles. The molecule has 2 aromatic rings. The molecule has 1 fully saturated rings. The van der Waals surface area contributed by atoms with Gasteiger partial charge < -0.3 is 20.7 Å². The van der Waals surface area contributed by atoms with Gasteiger partial charge in [0.1, 0.15) is 5.54 Å². The molecular formula is C26H29F6N3O3. The predicted octanol–water partition coefficient (Wildman–Crippen LogP) is 4.70. The fourth-order valence-electron chi connectivity index (χ4n) is 4.64. The highest BCUT2D eigenvalue weighted by atomic mass is 19.4. The molecule has 3 rings (SSSR count). The van der Waals surface area contributed by atoms with Crippen LogP contribution in [-0.4, -0.2) is 37.6 Å². The Morgan fingerprint density at radius 2 is 1.58 bits per heavy atom. The molecule has 0 aliphatic carbocycles. The number of alkyl halides is 6. The zero-order valence-electron chi connectivity index (χ0n) is 21.0. The lowest BCUT2D eigenvalue weighted by molar-refractivity contribution is -0.143. The number of piperidine rings is 1. The van der Waals surface area contributed by atoms with E-state index in [0.717, 1.165) is 5.56 Å². The summed E-state index contributed by atoms with van der Waals surface area (Å²) in [7, 11) is 1.44. The van der Waals surface area contributed by atoms with Gasteiger partial charge in [-0.2, -0.15) is 26.3 Å². The van der Waals surface area contributed by atoms with Gasteiger partial charge in [-0.05, 0) is 49.1 Å². The molecule has 1 heterocycles. The number of hydrogen-bond donors (Lipinski definition) is 3. The van der Waals surface area contributed by atoms with Crippen LogP contribution in [0.3, 0.4) is 0 Å². The lowest BCUT2D eigenvalue weighted by Gasteiger charge is -2.47. The van der Waals surface area contributed by atoms with Gasteiger partial charge in [0, 0.05) is 20.5 Å². The highest BCUT2D eigenvalue weighted by molar-refractivity contribution is 5.91. The largest absolute Gasteiger partial charge is 0.416 e. The Labute approximate surface area is 216 Å². The van der Waals surface area contributed by atoms with E-state index in [0.29, 0.717) is 12.1 Å². The number of halogens is 6. The summed E-state index contributed by atoms with van der Waals surface area (Å²) in [6.07, 6.45) is -10.6. The number of carbonyl (C=O) groups is 2. The van der Waals surface area contributed by atoms with Crippen LogP contribution < -0.4 is 16.0 Å². The van der Waals surface area contributed by atoms with Crippen LogP contribution in [0.1, 0.15) is 55.0 Å². The smallest absolute Gasteiger partial charge is 0.372 e. The predicted molar refractivity (Wildman–Crippen MR) is 127 cm³/mol. The van der Waals surface area contributed by atoms with Gasteiger partial charge in [-0.3, -0.25) is 9.59 Å². The van der Waals surface area contributed by atoms with Crippen LogP contribution in [0.15, 0.2) is 48.5 Å². The highest BCUT2D eigenvalue weighted by Gasteiger charge is 2.48. The lowest BCUT2D eigenvalue weighted by atomic mass is 9.76. The minimum absolute atomic E-state index is 0.0146. The summed E-state index contributed by atoms with van der Waals surface area (Å²) < 4.78 is 85.9. The molecule has 0 unspecified atom stereocenters. The van der Waals surface area contributed by atoms with E-state index in [9.17, 15) is 35.9 Å². The molecule has 3 atom stereocenters. The van der Waals surface area contributed by atoms with Gasteiger partial charge in [0.2, 0.25) is 11.8 Å². The Balaban J connectivity index is 1.91. The van der Waals surface area contributed by atoms with Crippen molar-refractivity contribution in [2.75, 3.05) is 20.2 Å². The van der Waals surface area contributed by atoms with E-state index < -0.39 is 52.5 Å². The number of likely N-dealkylation sites (N-methyl/N-ethyl adjacent to an activating group) is 1. The zero-order valence-corrected chi connectivity index (χ0v) is 21.0. The molecule has 0 radical (unpaired) electrons. The van der Waals surface area contributed by atoms with Gasteiger partial charge in [0.05, 0.1) is 29.4 Å².